The highest BCUT2D eigenvalue weighted by Gasteiger charge is 2.48. The van der Waals surface area contributed by atoms with E-state index in [9.17, 15) is 30.0 Å². The second-order valence-electron chi connectivity index (χ2n) is 6.23. The Morgan fingerprint density at radius 1 is 0.957 bits per heavy atom. The second-order valence-corrected chi connectivity index (χ2v) is 6.23. The van der Waals surface area contributed by atoms with Crippen LogP contribution >= 0.6 is 0 Å². The Bertz CT molecular complexity index is 389. The molecule has 0 aromatic rings. The molecule has 1 saturated carbocycles. The van der Waals surface area contributed by atoms with Crippen LogP contribution in [0.15, 0.2) is 0 Å². The minimum atomic E-state index is -1.88. The van der Waals surface area contributed by atoms with Gasteiger partial charge >= 0.3 is 5.97 Å². The number of amides is 1. The normalized spacial score (nSPS) is 30.9. The van der Waals surface area contributed by atoms with Crippen molar-refractivity contribution >= 4 is 11.9 Å². The Kier molecular flexibility index (Phi) is 7.90. The van der Waals surface area contributed by atoms with E-state index in [4.69, 9.17) is 5.11 Å². The largest absolute Gasteiger partial charge is 0.481 e. The van der Waals surface area contributed by atoms with Crippen LogP contribution in [-0.2, 0) is 9.59 Å². The fourth-order valence-electron chi connectivity index (χ4n) is 2.76. The predicted molar refractivity (Wildman–Crippen MR) is 80.6 cm³/mol. The molecule has 0 aromatic carbocycles. The number of carbonyl (C=O) groups is 2. The van der Waals surface area contributed by atoms with Crippen LogP contribution in [0.5, 0.6) is 0 Å². The van der Waals surface area contributed by atoms with Gasteiger partial charge in [-0.05, 0) is 12.8 Å². The summed E-state index contributed by atoms with van der Waals surface area (Å²) >= 11 is 0. The van der Waals surface area contributed by atoms with Crippen LogP contribution in [0.25, 0.3) is 0 Å². The van der Waals surface area contributed by atoms with E-state index in [0.717, 1.165) is 19.3 Å². The number of carboxylic acids is 1. The van der Waals surface area contributed by atoms with Crippen molar-refractivity contribution in [3.05, 3.63) is 0 Å². The van der Waals surface area contributed by atoms with Gasteiger partial charge < -0.3 is 30.8 Å². The summed E-state index contributed by atoms with van der Waals surface area (Å²) in [6.07, 6.45) is -0.637. The number of rotatable bonds is 9. The molecule has 1 fully saturated rings. The van der Waals surface area contributed by atoms with Crippen LogP contribution in [-0.4, -0.2) is 67.9 Å². The third-order valence-corrected chi connectivity index (χ3v) is 4.16. The summed E-state index contributed by atoms with van der Waals surface area (Å²) in [6.45, 7) is 0.356. The lowest BCUT2D eigenvalue weighted by molar-refractivity contribution is -0.172. The smallest absolute Gasteiger partial charge is 0.303 e. The predicted octanol–water partition coefficient (Wildman–Crippen LogP) is -0.865. The average molecular weight is 333 g/mol. The number of aliphatic hydroxyl groups is 4. The quantitative estimate of drug-likeness (QED) is 0.301. The standard InChI is InChI=1S/C15H27NO7/c17-10-8-15(23,9-11(18)13(10)21)14(22)16-7-5-3-1-2-4-6-12(19)20/h10-11,13,17-18,21,23H,1-9H2,(H,16,22)(H,19,20)/t10-,11-,13?,15?/m1/s1. The fourth-order valence-corrected chi connectivity index (χ4v) is 2.76. The molecule has 0 aromatic heterocycles. The van der Waals surface area contributed by atoms with Gasteiger partial charge in [-0.25, -0.2) is 0 Å². The third kappa shape index (κ3) is 6.42. The van der Waals surface area contributed by atoms with Crippen molar-refractivity contribution in [2.75, 3.05) is 6.54 Å². The summed E-state index contributed by atoms with van der Waals surface area (Å²) in [7, 11) is 0. The van der Waals surface area contributed by atoms with Gasteiger partial charge in [0.25, 0.3) is 5.91 Å². The highest BCUT2D eigenvalue weighted by Crippen LogP contribution is 2.29. The van der Waals surface area contributed by atoms with E-state index < -0.39 is 35.8 Å². The molecule has 2 atom stereocenters. The Labute approximate surface area is 135 Å². The lowest BCUT2D eigenvalue weighted by Crippen LogP contribution is -2.59. The summed E-state index contributed by atoms with van der Waals surface area (Å²) in [4.78, 5) is 22.3. The van der Waals surface area contributed by atoms with Crippen LogP contribution in [0.4, 0.5) is 0 Å². The number of aliphatic carboxylic acids is 1. The van der Waals surface area contributed by atoms with Gasteiger partial charge in [0.15, 0.2) is 0 Å². The molecule has 0 unspecified atom stereocenters. The van der Waals surface area contributed by atoms with Crippen LogP contribution < -0.4 is 5.32 Å². The molecule has 8 heteroatoms. The Balaban J connectivity index is 2.20. The molecule has 0 aliphatic heterocycles. The second kappa shape index (κ2) is 9.17. The first-order chi connectivity index (χ1) is 10.8. The molecule has 6 N–H and O–H groups in total. The van der Waals surface area contributed by atoms with E-state index >= 15 is 0 Å². The maximum atomic E-state index is 12.0. The summed E-state index contributed by atoms with van der Waals surface area (Å²) < 4.78 is 0. The van der Waals surface area contributed by atoms with E-state index in [-0.39, 0.29) is 19.3 Å². The van der Waals surface area contributed by atoms with Crippen LogP contribution in [0.3, 0.4) is 0 Å². The highest BCUT2D eigenvalue weighted by molar-refractivity contribution is 5.85. The van der Waals surface area contributed by atoms with E-state index in [1.165, 1.54) is 0 Å². The van der Waals surface area contributed by atoms with E-state index in [1.807, 2.05) is 0 Å². The van der Waals surface area contributed by atoms with E-state index in [2.05, 4.69) is 5.32 Å². The van der Waals surface area contributed by atoms with Gasteiger partial charge in [0.2, 0.25) is 0 Å². The fraction of sp³-hybridized carbons (Fsp3) is 0.867. The molecule has 0 spiro atoms. The number of carboxylic acid groups (broad SMARTS) is 1. The third-order valence-electron chi connectivity index (χ3n) is 4.16. The SMILES string of the molecule is O=C(O)CCCCCCCNC(=O)C1(O)C[C@@H](O)C(O)[C@H](O)C1. The summed E-state index contributed by atoms with van der Waals surface area (Å²) in [5.74, 6) is -1.46. The van der Waals surface area contributed by atoms with Crippen molar-refractivity contribution in [2.45, 2.75) is 75.3 Å². The first kappa shape index (κ1) is 19.8. The first-order valence-corrected chi connectivity index (χ1v) is 8.03. The van der Waals surface area contributed by atoms with E-state index in [1.54, 1.807) is 0 Å². The van der Waals surface area contributed by atoms with E-state index in [0.29, 0.717) is 19.4 Å². The van der Waals surface area contributed by atoms with Gasteiger partial charge in [0.1, 0.15) is 11.7 Å². The maximum absolute atomic E-state index is 12.0. The maximum Gasteiger partial charge on any atom is 0.303 e. The Hall–Kier alpha value is -1.22. The van der Waals surface area contributed by atoms with Crippen LogP contribution in [0.2, 0.25) is 0 Å². The molecule has 23 heavy (non-hydrogen) atoms. The number of hydrogen-bond acceptors (Lipinski definition) is 6. The number of hydrogen-bond donors (Lipinski definition) is 6. The molecule has 0 bridgehead atoms. The van der Waals surface area contributed by atoms with Gasteiger partial charge in [-0.3, -0.25) is 9.59 Å². The van der Waals surface area contributed by atoms with Gasteiger partial charge in [-0.2, -0.15) is 0 Å². The van der Waals surface area contributed by atoms with Crippen molar-refractivity contribution in [2.24, 2.45) is 0 Å². The molecule has 1 aliphatic carbocycles. The van der Waals surface area contributed by atoms with Crippen LogP contribution in [0, 0.1) is 0 Å². The zero-order valence-electron chi connectivity index (χ0n) is 13.1. The van der Waals surface area contributed by atoms with Crippen molar-refractivity contribution in [3.8, 4) is 0 Å². The molecule has 0 saturated heterocycles. The monoisotopic (exact) mass is 333 g/mol. The summed E-state index contributed by atoms with van der Waals surface area (Å²) in [6, 6.07) is 0. The minimum Gasteiger partial charge on any atom is -0.481 e. The first-order valence-electron chi connectivity index (χ1n) is 8.03. The molecular formula is C15H27NO7. The van der Waals surface area contributed by atoms with Gasteiger partial charge in [-0.1, -0.05) is 19.3 Å². The van der Waals surface area contributed by atoms with Gasteiger partial charge in [-0.15, -0.1) is 0 Å². The molecule has 8 nitrogen and oxygen atoms in total. The summed E-state index contributed by atoms with van der Waals surface area (Å²) in [5.41, 5.74) is -1.88. The molecular weight excluding hydrogens is 306 g/mol. The molecule has 0 radical (unpaired) electrons. The molecule has 1 aliphatic rings. The van der Waals surface area contributed by atoms with Gasteiger partial charge in [0, 0.05) is 25.8 Å². The topological polar surface area (TPSA) is 147 Å². The van der Waals surface area contributed by atoms with Gasteiger partial charge in [0.05, 0.1) is 12.2 Å². The van der Waals surface area contributed by atoms with Crippen molar-refractivity contribution in [3.63, 3.8) is 0 Å². The lowest BCUT2D eigenvalue weighted by Gasteiger charge is -2.39. The molecule has 1 rings (SSSR count). The Morgan fingerprint density at radius 2 is 1.48 bits per heavy atom. The lowest BCUT2D eigenvalue weighted by atomic mass is 9.79. The number of carbonyl (C=O) groups excluding carboxylic acids is 1. The average Bonchev–Trinajstić information content (AvgIpc) is 2.46. The molecule has 134 valence electrons. The molecule has 0 heterocycles. The van der Waals surface area contributed by atoms with Crippen molar-refractivity contribution < 1.29 is 35.1 Å². The minimum absolute atomic E-state index is 0.167. The summed E-state index contributed by atoms with van der Waals surface area (Å²) in [5, 5.41) is 49.9. The number of aliphatic hydroxyl groups excluding tert-OH is 3. The van der Waals surface area contributed by atoms with Crippen molar-refractivity contribution in [1.29, 1.82) is 0 Å². The zero-order chi connectivity index (χ0) is 17.5. The highest BCUT2D eigenvalue weighted by atomic mass is 16.4. The molecule has 1 amide bonds. The number of unbranched alkanes of at least 4 members (excludes halogenated alkanes) is 4. The van der Waals surface area contributed by atoms with Crippen LogP contribution in [0.1, 0.15) is 51.4 Å². The Morgan fingerprint density at radius 3 is 2.04 bits per heavy atom. The van der Waals surface area contributed by atoms with Crippen molar-refractivity contribution in [1.82, 2.24) is 5.32 Å². The number of nitrogens with one attached hydrogen (secondary N) is 1. The zero-order valence-corrected chi connectivity index (χ0v) is 13.1.